The lowest BCUT2D eigenvalue weighted by atomic mass is 9.92. The summed E-state index contributed by atoms with van der Waals surface area (Å²) in [5.74, 6) is 0.00731. The molecule has 2 aliphatic heterocycles. The fourth-order valence-corrected chi connectivity index (χ4v) is 3.37. The van der Waals surface area contributed by atoms with E-state index in [9.17, 15) is 9.90 Å². The molecule has 0 saturated carbocycles. The van der Waals surface area contributed by atoms with Gasteiger partial charge in [-0.2, -0.15) is 0 Å². The lowest BCUT2D eigenvalue weighted by Gasteiger charge is -2.21. The molecule has 0 amide bonds. The fraction of sp³-hybridized carbons (Fsp3) is 0.429. The van der Waals surface area contributed by atoms with Crippen molar-refractivity contribution in [1.82, 2.24) is 0 Å². The van der Waals surface area contributed by atoms with Crippen LogP contribution in [-0.2, 0) is 9.63 Å². The third kappa shape index (κ3) is 2.26. The van der Waals surface area contributed by atoms with Crippen molar-refractivity contribution in [2.75, 3.05) is 21.0 Å². The number of nitrogens with zero attached hydrogens (tertiary/aromatic N) is 1. The molecule has 23 heavy (non-hydrogen) atoms. The number of ether oxygens (including phenoxy) is 4. The predicted molar refractivity (Wildman–Crippen MR) is 81.4 cm³/mol. The van der Waals surface area contributed by atoms with Crippen molar-refractivity contribution in [2.45, 2.75) is 13.0 Å². The van der Waals surface area contributed by atoms with E-state index >= 15 is 0 Å². The number of methoxy groups -OCH3 is 2. The minimum atomic E-state index is -1.12. The van der Waals surface area contributed by atoms with Gasteiger partial charge in [-0.05, 0) is 15.9 Å². The smallest absolute Gasteiger partial charge is 0.354 e. The average Bonchev–Trinajstić information content (AvgIpc) is 3.14. The monoisotopic (exact) mass is 387 g/mol. The zero-order valence-corrected chi connectivity index (χ0v) is 14.2. The molecule has 8 nitrogen and oxygen atoms in total. The van der Waals surface area contributed by atoms with Crippen LogP contribution < -0.4 is 18.9 Å². The van der Waals surface area contributed by atoms with Gasteiger partial charge in [-0.25, -0.2) is 4.79 Å². The van der Waals surface area contributed by atoms with E-state index in [1.165, 1.54) is 14.2 Å². The lowest BCUT2D eigenvalue weighted by molar-refractivity contribution is -0.129. The van der Waals surface area contributed by atoms with Crippen LogP contribution in [0.4, 0.5) is 0 Å². The van der Waals surface area contributed by atoms with Gasteiger partial charge in [0.1, 0.15) is 0 Å². The molecule has 3 rings (SSSR count). The van der Waals surface area contributed by atoms with Crippen molar-refractivity contribution < 1.29 is 33.7 Å². The van der Waals surface area contributed by atoms with Crippen LogP contribution in [0.25, 0.3) is 0 Å². The van der Waals surface area contributed by atoms with Gasteiger partial charge in [-0.3, -0.25) is 0 Å². The van der Waals surface area contributed by atoms with Gasteiger partial charge >= 0.3 is 5.97 Å². The van der Waals surface area contributed by atoms with Gasteiger partial charge < -0.3 is 28.9 Å². The SMILES string of the molecule is COc1c2c(c(Br)c([C@H]3ON=C(C(=O)O)[C@@H]3C)c1OC)OCO2. The fourth-order valence-electron chi connectivity index (χ4n) is 2.67. The molecule has 2 heterocycles. The number of aliphatic carboxylic acids is 1. The van der Waals surface area contributed by atoms with Crippen molar-refractivity contribution in [3.63, 3.8) is 0 Å². The van der Waals surface area contributed by atoms with E-state index in [1.807, 2.05) is 0 Å². The van der Waals surface area contributed by atoms with Gasteiger partial charge in [0.25, 0.3) is 0 Å². The summed E-state index contributed by atoms with van der Waals surface area (Å²) in [4.78, 5) is 16.6. The van der Waals surface area contributed by atoms with E-state index in [0.717, 1.165) is 0 Å². The van der Waals surface area contributed by atoms with Crippen LogP contribution in [0, 0.1) is 5.92 Å². The number of halogens is 1. The number of hydrogen-bond acceptors (Lipinski definition) is 7. The van der Waals surface area contributed by atoms with E-state index < -0.39 is 18.0 Å². The highest BCUT2D eigenvalue weighted by atomic mass is 79.9. The Labute approximate surface area is 140 Å². The molecule has 1 aromatic carbocycles. The first-order valence-electron chi connectivity index (χ1n) is 6.71. The molecule has 0 spiro atoms. The summed E-state index contributed by atoms with van der Waals surface area (Å²) in [5, 5.41) is 12.8. The molecule has 0 aromatic heterocycles. The number of rotatable bonds is 4. The van der Waals surface area contributed by atoms with Gasteiger partial charge in [0.2, 0.25) is 18.3 Å². The Kier molecular flexibility index (Phi) is 3.97. The Morgan fingerprint density at radius 2 is 1.91 bits per heavy atom. The third-order valence-electron chi connectivity index (χ3n) is 3.77. The number of carboxylic acid groups (broad SMARTS) is 1. The zero-order chi connectivity index (χ0) is 16.7. The number of benzene rings is 1. The largest absolute Gasteiger partial charge is 0.492 e. The summed E-state index contributed by atoms with van der Waals surface area (Å²) in [6, 6.07) is 0. The molecule has 1 N–H and O–H groups in total. The highest BCUT2D eigenvalue weighted by Crippen LogP contribution is 2.57. The molecule has 1 aromatic rings. The third-order valence-corrected chi connectivity index (χ3v) is 4.55. The Morgan fingerprint density at radius 3 is 2.48 bits per heavy atom. The molecule has 0 bridgehead atoms. The van der Waals surface area contributed by atoms with Crippen molar-refractivity contribution in [1.29, 1.82) is 0 Å². The van der Waals surface area contributed by atoms with Crippen molar-refractivity contribution in [3.05, 3.63) is 10.0 Å². The van der Waals surface area contributed by atoms with Crippen LogP contribution >= 0.6 is 15.9 Å². The second kappa shape index (κ2) is 5.80. The molecule has 124 valence electrons. The van der Waals surface area contributed by atoms with Crippen molar-refractivity contribution in [2.24, 2.45) is 11.1 Å². The number of carbonyl (C=O) groups is 1. The minimum absolute atomic E-state index is 0.0505. The molecule has 0 radical (unpaired) electrons. The van der Waals surface area contributed by atoms with Gasteiger partial charge in [0.05, 0.1) is 30.2 Å². The molecular weight excluding hydrogens is 374 g/mol. The van der Waals surface area contributed by atoms with Crippen LogP contribution in [0.1, 0.15) is 18.6 Å². The Balaban J connectivity index is 2.15. The summed E-state index contributed by atoms with van der Waals surface area (Å²) in [7, 11) is 2.96. The van der Waals surface area contributed by atoms with Crippen LogP contribution in [-0.4, -0.2) is 37.8 Å². The standard InChI is InChI=1S/C14H14BrNO7/c1-5-8(14(17)18)16-23-9(5)6-7(15)11-13(22-4-21-11)12(20-3)10(6)19-2/h5,9H,4H2,1-3H3,(H,17,18)/t5-,9-/m0/s1. The van der Waals surface area contributed by atoms with E-state index in [0.29, 0.717) is 33.0 Å². The molecule has 2 atom stereocenters. The molecule has 0 saturated heterocycles. The topological polar surface area (TPSA) is 95.8 Å². The van der Waals surface area contributed by atoms with E-state index in [4.69, 9.17) is 23.8 Å². The number of fused-ring (bicyclic) bond motifs is 1. The second-order valence-corrected chi connectivity index (χ2v) is 5.75. The molecule has 0 unspecified atom stereocenters. The van der Waals surface area contributed by atoms with Crippen LogP contribution in [0.2, 0.25) is 0 Å². The maximum atomic E-state index is 11.2. The zero-order valence-electron chi connectivity index (χ0n) is 12.6. The minimum Gasteiger partial charge on any atom is -0.492 e. The quantitative estimate of drug-likeness (QED) is 0.846. The maximum Gasteiger partial charge on any atom is 0.354 e. The van der Waals surface area contributed by atoms with Crippen molar-refractivity contribution in [3.8, 4) is 23.0 Å². The molecule has 0 aliphatic carbocycles. The summed E-state index contributed by atoms with van der Waals surface area (Å²) >= 11 is 3.46. The first-order chi connectivity index (χ1) is 11.0. The van der Waals surface area contributed by atoms with Crippen LogP contribution in [0.3, 0.4) is 0 Å². The van der Waals surface area contributed by atoms with Crippen molar-refractivity contribution >= 4 is 27.6 Å². The normalized spacial score (nSPS) is 21.7. The van der Waals surface area contributed by atoms with E-state index in [2.05, 4.69) is 21.1 Å². The second-order valence-electron chi connectivity index (χ2n) is 4.96. The van der Waals surface area contributed by atoms with Gasteiger partial charge in [-0.1, -0.05) is 12.1 Å². The highest BCUT2D eigenvalue weighted by molar-refractivity contribution is 9.10. The van der Waals surface area contributed by atoms with E-state index in [-0.39, 0.29) is 12.5 Å². The molecule has 9 heteroatoms. The number of hydrogen-bond donors (Lipinski definition) is 1. The molecule has 0 fully saturated rings. The Morgan fingerprint density at radius 1 is 1.26 bits per heavy atom. The maximum absolute atomic E-state index is 11.2. The summed E-state index contributed by atoms with van der Waals surface area (Å²) in [5.41, 5.74) is 0.502. The van der Waals surface area contributed by atoms with Crippen LogP contribution in [0.15, 0.2) is 9.63 Å². The van der Waals surface area contributed by atoms with Gasteiger partial charge in [-0.15, -0.1) is 0 Å². The van der Waals surface area contributed by atoms with Gasteiger partial charge in [0, 0.05) is 0 Å². The lowest BCUT2D eigenvalue weighted by Crippen LogP contribution is -2.22. The summed E-state index contributed by atoms with van der Waals surface area (Å²) < 4.78 is 22.3. The first kappa shape index (κ1) is 15.7. The molecule has 2 aliphatic rings. The van der Waals surface area contributed by atoms with Crippen LogP contribution in [0.5, 0.6) is 23.0 Å². The highest BCUT2D eigenvalue weighted by Gasteiger charge is 2.42. The predicted octanol–water partition coefficient (Wildman–Crippen LogP) is 2.34. The Bertz CT molecular complexity index is 703. The summed E-state index contributed by atoms with van der Waals surface area (Å²) in [6.45, 7) is 1.77. The Hall–Kier alpha value is -2.16. The molecular formula is C14H14BrNO7. The first-order valence-corrected chi connectivity index (χ1v) is 7.50. The van der Waals surface area contributed by atoms with E-state index in [1.54, 1.807) is 6.92 Å². The van der Waals surface area contributed by atoms with Gasteiger partial charge in [0.15, 0.2) is 23.3 Å². The average molecular weight is 388 g/mol. The number of oxime groups is 1. The summed E-state index contributed by atoms with van der Waals surface area (Å²) in [6.07, 6.45) is -0.658. The number of carboxylic acids is 1.